The van der Waals surface area contributed by atoms with Crippen molar-refractivity contribution < 1.29 is 19.5 Å². The maximum atomic E-state index is 14.4. The zero-order chi connectivity index (χ0) is 27.9. The molecule has 1 N–H and O–H groups in total. The second kappa shape index (κ2) is 10.6. The summed E-state index contributed by atoms with van der Waals surface area (Å²) in [4.78, 5) is 48.5. The molecule has 0 bridgehead atoms. The first-order valence-corrected chi connectivity index (χ1v) is 14.9. The molecule has 0 saturated carbocycles. The first-order chi connectivity index (χ1) is 19.4. The quantitative estimate of drug-likeness (QED) is 0.415. The lowest BCUT2D eigenvalue weighted by molar-refractivity contribution is -0.143. The molecule has 1 unspecified atom stereocenters. The van der Waals surface area contributed by atoms with Crippen LogP contribution in [-0.2, 0) is 20.9 Å². The minimum atomic E-state index is -0.863. The minimum Gasteiger partial charge on any atom is -0.396 e. The second-order valence-corrected chi connectivity index (χ2v) is 13.0. The van der Waals surface area contributed by atoms with Gasteiger partial charge in [0.15, 0.2) is 0 Å². The highest BCUT2D eigenvalue weighted by atomic mass is 32.2. The average Bonchev–Trinajstić information content (AvgIpc) is 3.23. The van der Waals surface area contributed by atoms with Crippen molar-refractivity contribution in [3.05, 3.63) is 90.5 Å². The lowest BCUT2D eigenvalue weighted by atomic mass is 9.74. The highest BCUT2D eigenvalue weighted by Crippen LogP contribution is 2.65. The molecule has 4 aliphatic heterocycles. The number of hydrogen-bond donors (Lipinski definition) is 1. The molecule has 3 amide bonds. The zero-order valence-electron chi connectivity index (χ0n) is 22.7. The molecule has 0 radical (unpaired) electrons. The third-order valence-corrected chi connectivity index (χ3v) is 10.5. The molecule has 4 aliphatic rings. The molecule has 208 valence electrons. The van der Waals surface area contributed by atoms with E-state index in [1.54, 1.807) is 21.6 Å². The van der Waals surface area contributed by atoms with Crippen LogP contribution in [0.15, 0.2) is 85.0 Å². The van der Waals surface area contributed by atoms with Gasteiger partial charge in [0.1, 0.15) is 6.04 Å². The fourth-order valence-electron chi connectivity index (χ4n) is 6.99. The van der Waals surface area contributed by atoms with Gasteiger partial charge in [-0.25, -0.2) is 0 Å². The summed E-state index contributed by atoms with van der Waals surface area (Å²) in [7, 11) is 0. The van der Waals surface area contributed by atoms with Crippen molar-refractivity contribution in [1.82, 2.24) is 9.80 Å². The Hall–Kier alpha value is -3.36. The van der Waals surface area contributed by atoms with E-state index in [0.29, 0.717) is 39.0 Å². The first kappa shape index (κ1) is 26.8. The Morgan fingerprint density at radius 1 is 0.850 bits per heavy atom. The molecule has 1 spiro atoms. The lowest BCUT2D eigenvalue weighted by Gasteiger charge is -2.37. The van der Waals surface area contributed by atoms with Gasteiger partial charge in [-0.2, -0.15) is 0 Å². The predicted molar refractivity (Wildman–Crippen MR) is 156 cm³/mol. The van der Waals surface area contributed by atoms with Gasteiger partial charge in [-0.05, 0) is 37.5 Å². The number of unbranched alkanes of at least 4 members (excludes halogenated alkanes) is 1. The van der Waals surface area contributed by atoms with Crippen LogP contribution >= 0.6 is 11.8 Å². The summed E-state index contributed by atoms with van der Waals surface area (Å²) >= 11 is 1.60. The van der Waals surface area contributed by atoms with E-state index in [4.69, 9.17) is 0 Å². The molecule has 5 atom stereocenters. The van der Waals surface area contributed by atoms with Gasteiger partial charge in [-0.3, -0.25) is 14.4 Å². The number of aliphatic hydroxyl groups excluding tert-OH is 1. The SMILES string of the molecule is C[C@]12C=CCN(c3ccccc3)C(=O)[C@H]1[C@H]1C(=O)N(CCCCO)C3C(=O)N(Cc4ccccc4)CC=C[C@@]31S2. The number of hydrogen-bond acceptors (Lipinski definition) is 5. The summed E-state index contributed by atoms with van der Waals surface area (Å²) in [5.74, 6) is -1.59. The molecule has 40 heavy (non-hydrogen) atoms. The van der Waals surface area contributed by atoms with E-state index >= 15 is 0 Å². The Bertz CT molecular complexity index is 1350. The number of thioether (sulfide) groups is 1. The van der Waals surface area contributed by atoms with Gasteiger partial charge in [0.05, 0.1) is 16.6 Å². The van der Waals surface area contributed by atoms with Gasteiger partial charge in [0.2, 0.25) is 17.7 Å². The topological polar surface area (TPSA) is 81.2 Å². The number of nitrogens with zero attached hydrogens (tertiary/aromatic N) is 3. The van der Waals surface area contributed by atoms with Crippen LogP contribution in [-0.4, -0.2) is 74.4 Å². The summed E-state index contributed by atoms with van der Waals surface area (Å²) in [5, 5.41) is 9.44. The van der Waals surface area contributed by atoms with E-state index in [-0.39, 0.29) is 24.3 Å². The van der Waals surface area contributed by atoms with Crippen LogP contribution in [0.5, 0.6) is 0 Å². The van der Waals surface area contributed by atoms with Gasteiger partial charge in [0, 0.05) is 43.2 Å². The van der Waals surface area contributed by atoms with Crippen molar-refractivity contribution >= 4 is 35.2 Å². The van der Waals surface area contributed by atoms with Gasteiger partial charge in [-0.15, -0.1) is 11.8 Å². The van der Waals surface area contributed by atoms with Crippen molar-refractivity contribution in [3.63, 3.8) is 0 Å². The zero-order valence-corrected chi connectivity index (χ0v) is 23.5. The third kappa shape index (κ3) is 4.29. The first-order valence-electron chi connectivity index (χ1n) is 14.1. The lowest BCUT2D eigenvalue weighted by Crippen LogP contribution is -2.53. The highest BCUT2D eigenvalue weighted by molar-refractivity contribution is 8.02. The maximum absolute atomic E-state index is 14.4. The van der Waals surface area contributed by atoms with Crippen molar-refractivity contribution in [2.24, 2.45) is 11.8 Å². The van der Waals surface area contributed by atoms with Gasteiger partial charge in [0.25, 0.3) is 0 Å². The van der Waals surface area contributed by atoms with Crippen LogP contribution in [0.2, 0.25) is 0 Å². The van der Waals surface area contributed by atoms with Crippen LogP contribution in [0.1, 0.15) is 25.3 Å². The number of carbonyl (C=O) groups excluding carboxylic acids is 3. The largest absolute Gasteiger partial charge is 0.396 e. The summed E-state index contributed by atoms with van der Waals surface area (Å²) in [5.41, 5.74) is 1.83. The number of anilines is 1. The van der Waals surface area contributed by atoms with Crippen LogP contribution in [0.3, 0.4) is 0 Å². The summed E-state index contributed by atoms with van der Waals surface area (Å²) in [6.07, 6.45) is 9.33. The third-order valence-electron chi connectivity index (χ3n) is 8.73. The van der Waals surface area contributed by atoms with Crippen LogP contribution in [0, 0.1) is 11.8 Å². The molecule has 0 aliphatic carbocycles. The van der Waals surface area contributed by atoms with Crippen molar-refractivity contribution in [2.45, 2.75) is 41.8 Å². The normalized spacial score (nSPS) is 31.2. The van der Waals surface area contributed by atoms with Gasteiger partial charge < -0.3 is 19.8 Å². The molecule has 2 saturated heterocycles. The Kier molecular flexibility index (Phi) is 7.09. The van der Waals surface area contributed by atoms with Gasteiger partial charge in [-0.1, -0.05) is 72.8 Å². The second-order valence-electron chi connectivity index (χ2n) is 11.3. The van der Waals surface area contributed by atoms with Crippen molar-refractivity contribution in [2.75, 3.05) is 31.1 Å². The van der Waals surface area contributed by atoms with Crippen molar-refractivity contribution in [3.8, 4) is 0 Å². The molecule has 6 rings (SSSR count). The number of para-hydroxylation sites is 1. The summed E-state index contributed by atoms with van der Waals surface area (Å²) in [6.45, 7) is 3.78. The molecular formula is C32H35N3O4S. The van der Waals surface area contributed by atoms with E-state index in [0.717, 1.165) is 11.3 Å². The molecule has 8 heteroatoms. The smallest absolute Gasteiger partial charge is 0.247 e. The summed E-state index contributed by atoms with van der Waals surface area (Å²) in [6, 6.07) is 18.8. The fraction of sp³-hybridized carbons (Fsp3) is 0.406. The van der Waals surface area contributed by atoms with Crippen molar-refractivity contribution in [1.29, 1.82) is 0 Å². The number of aliphatic hydroxyl groups is 1. The molecule has 7 nitrogen and oxygen atoms in total. The number of amides is 3. The van der Waals surface area contributed by atoms with Crippen LogP contribution in [0.4, 0.5) is 5.69 Å². The average molecular weight is 558 g/mol. The Morgan fingerprint density at radius 3 is 2.27 bits per heavy atom. The number of fused-ring (bicyclic) bond motifs is 2. The number of likely N-dealkylation sites (tertiary alicyclic amines) is 1. The van der Waals surface area contributed by atoms with E-state index in [2.05, 4.69) is 12.2 Å². The van der Waals surface area contributed by atoms with E-state index < -0.39 is 27.4 Å². The Balaban J connectivity index is 1.42. The number of rotatable bonds is 7. The number of carbonyl (C=O) groups is 3. The van der Waals surface area contributed by atoms with E-state index in [1.165, 1.54) is 0 Å². The van der Waals surface area contributed by atoms with Crippen LogP contribution < -0.4 is 4.90 Å². The molecule has 0 aromatic heterocycles. The Morgan fingerprint density at radius 2 is 1.55 bits per heavy atom. The highest BCUT2D eigenvalue weighted by Gasteiger charge is 2.73. The molecular weight excluding hydrogens is 522 g/mol. The molecule has 2 aromatic rings. The predicted octanol–water partition coefficient (Wildman–Crippen LogP) is 3.65. The fourth-order valence-corrected chi connectivity index (χ4v) is 9.15. The minimum absolute atomic E-state index is 0.0278. The van der Waals surface area contributed by atoms with E-state index in [9.17, 15) is 19.5 Å². The maximum Gasteiger partial charge on any atom is 0.247 e. The van der Waals surface area contributed by atoms with E-state index in [1.807, 2.05) is 84.6 Å². The molecule has 2 aromatic carbocycles. The summed E-state index contributed by atoms with van der Waals surface area (Å²) < 4.78 is -1.51. The van der Waals surface area contributed by atoms with Crippen LogP contribution in [0.25, 0.3) is 0 Å². The Labute approximate surface area is 239 Å². The monoisotopic (exact) mass is 557 g/mol. The number of benzene rings is 2. The molecule has 2 fully saturated rings. The molecule has 4 heterocycles. The standard InChI is InChI=1S/C32H35N3O4S/c1-31-16-10-20-34(24-14-6-3-7-15-24)28(37)25(31)26-29(38)35(19-8-9-21-36)27-30(39)33(18-11-17-32(26,27)40-31)22-23-12-4-2-5-13-23/h2-7,10-17,25-27,36H,8-9,18-22H2,1H3/t25-,26+,27?,31+,32+/m1/s1. The van der Waals surface area contributed by atoms with Gasteiger partial charge >= 0.3 is 0 Å².